The maximum atomic E-state index is 13.2. The summed E-state index contributed by atoms with van der Waals surface area (Å²) in [5.41, 5.74) is 6.57. The van der Waals surface area contributed by atoms with Crippen molar-refractivity contribution in [3.05, 3.63) is 28.9 Å². The first-order valence-electron chi connectivity index (χ1n) is 5.11. The number of rotatable bonds is 3. The second kappa shape index (κ2) is 4.39. The second-order valence-corrected chi connectivity index (χ2v) is 4.03. The molecule has 0 aliphatic heterocycles. The molecule has 3 nitrogen and oxygen atoms in total. The smallest absolute Gasteiger partial charge is 0.199 e. The molecule has 5 heteroatoms. The van der Waals surface area contributed by atoms with Gasteiger partial charge in [0.05, 0.1) is 5.02 Å². The number of benzene rings is 1. The van der Waals surface area contributed by atoms with Crippen molar-refractivity contribution in [2.24, 2.45) is 5.73 Å². The topological polar surface area (TPSA) is 52.0 Å². The van der Waals surface area contributed by atoms with Gasteiger partial charge in [-0.3, -0.25) is 0 Å². The fraction of sp³-hybridized carbons (Fsp3) is 0.364. The average molecular weight is 243 g/mol. The lowest BCUT2D eigenvalue weighted by atomic mass is 10.1. The summed E-state index contributed by atoms with van der Waals surface area (Å²) in [5, 5.41) is 0.0492. The molecular weight excluding hydrogens is 231 g/mol. The molecule has 1 heterocycles. The Labute approximate surface area is 97.4 Å². The van der Waals surface area contributed by atoms with Gasteiger partial charge in [-0.25, -0.2) is 9.37 Å². The number of oxazole rings is 1. The fourth-order valence-electron chi connectivity index (χ4n) is 1.56. The molecule has 86 valence electrons. The lowest BCUT2D eigenvalue weighted by molar-refractivity contribution is 0.464. The highest BCUT2D eigenvalue weighted by molar-refractivity contribution is 6.31. The van der Waals surface area contributed by atoms with Gasteiger partial charge in [0.1, 0.15) is 11.3 Å². The number of halogens is 2. The average Bonchev–Trinajstić information content (AvgIpc) is 2.63. The van der Waals surface area contributed by atoms with Gasteiger partial charge in [0.15, 0.2) is 11.5 Å². The Balaban J connectivity index is 2.51. The van der Waals surface area contributed by atoms with Crippen LogP contribution in [-0.4, -0.2) is 11.5 Å². The first-order chi connectivity index (χ1) is 7.65. The third kappa shape index (κ3) is 1.90. The van der Waals surface area contributed by atoms with E-state index in [1.807, 2.05) is 6.92 Å². The molecule has 2 aromatic rings. The molecule has 0 saturated heterocycles. The van der Waals surface area contributed by atoms with Crippen molar-refractivity contribution in [2.45, 2.75) is 19.3 Å². The summed E-state index contributed by atoms with van der Waals surface area (Å²) in [4.78, 5) is 4.26. The fourth-order valence-corrected chi connectivity index (χ4v) is 1.72. The molecule has 16 heavy (non-hydrogen) atoms. The van der Waals surface area contributed by atoms with Crippen LogP contribution in [0.5, 0.6) is 0 Å². The Hall–Kier alpha value is -1.13. The van der Waals surface area contributed by atoms with E-state index in [2.05, 4.69) is 4.98 Å². The molecule has 0 radical (unpaired) electrons. The minimum absolute atomic E-state index is 0.0492. The molecule has 0 amide bonds. The summed E-state index contributed by atoms with van der Waals surface area (Å²) >= 11 is 5.66. The van der Waals surface area contributed by atoms with Gasteiger partial charge >= 0.3 is 0 Å². The highest BCUT2D eigenvalue weighted by atomic mass is 35.5. The number of aromatic nitrogens is 1. The summed E-state index contributed by atoms with van der Waals surface area (Å²) < 4.78 is 18.6. The van der Waals surface area contributed by atoms with Crippen molar-refractivity contribution >= 4 is 22.7 Å². The molecule has 0 fully saturated rings. The Morgan fingerprint density at radius 3 is 2.94 bits per heavy atom. The highest BCUT2D eigenvalue weighted by Crippen LogP contribution is 2.27. The highest BCUT2D eigenvalue weighted by Gasteiger charge is 2.16. The zero-order valence-corrected chi connectivity index (χ0v) is 9.59. The Bertz CT molecular complexity index is 469. The van der Waals surface area contributed by atoms with Crippen molar-refractivity contribution < 1.29 is 8.81 Å². The maximum Gasteiger partial charge on any atom is 0.199 e. The molecule has 0 aliphatic carbocycles. The summed E-state index contributed by atoms with van der Waals surface area (Å²) in [7, 11) is 0. The van der Waals surface area contributed by atoms with Gasteiger partial charge in [0.2, 0.25) is 0 Å². The minimum Gasteiger partial charge on any atom is -0.440 e. The van der Waals surface area contributed by atoms with Gasteiger partial charge in [0.25, 0.3) is 0 Å². The third-order valence-electron chi connectivity index (χ3n) is 2.57. The zero-order chi connectivity index (χ0) is 11.7. The normalized spacial score (nSPS) is 13.2. The van der Waals surface area contributed by atoms with E-state index in [-0.39, 0.29) is 10.9 Å². The predicted octanol–water partition coefficient (Wildman–Crippen LogP) is 3.07. The van der Waals surface area contributed by atoms with Crippen LogP contribution in [0.25, 0.3) is 11.1 Å². The van der Waals surface area contributed by atoms with E-state index >= 15 is 0 Å². The van der Waals surface area contributed by atoms with Crippen molar-refractivity contribution in [2.75, 3.05) is 6.54 Å². The summed E-state index contributed by atoms with van der Waals surface area (Å²) in [5.74, 6) is 0.105. The molecule has 2 rings (SSSR count). The predicted molar refractivity (Wildman–Crippen MR) is 61.1 cm³/mol. The van der Waals surface area contributed by atoms with Gasteiger partial charge in [-0.15, -0.1) is 0 Å². The number of nitrogens with zero attached hydrogens (tertiary/aromatic N) is 1. The molecule has 1 aromatic carbocycles. The van der Waals surface area contributed by atoms with Gasteiger partial charge in [-0.1, -0.05) is 18.5 Å². The minimum atomic E-state index is -0.502. The van der Waals surface area contributed by atoms with Crippen LogP contribution < -0.4 is 5.73 Å². The number of nitrogens with two attached hydrogens (primary N) is 1. The van der Waals surface area contributed by atoms with Crippen LogP contribution >= 0.6 is 11.6 Å². The van der Waals surface area contributed by atoms with E-state index in [1.165, 1.54) is 12.1 Å². The standard InChI is InChI=1S/C11H12ClFN2O/c1-2-6(5-14)11-15-9-3-7(12)8(13)4-10(9)16-11/h3-4,6H,2,5,14H2,1H3. The van der Waals surface area contributed by atoms with Gasteiger partial charge in [0, 0.05) is 18.5 Å². The van der Waals surface area contributed by atoms with E-state index in [1.54, 1.807) is 0 Å². The number of hydrogen-bond acceptors (Lipinski definition) is 3. The Morgan fingerprint density at radius 1 is 1.56 bits per heavy atom. The SMILES string of the molecule is CCC(CN)c1nc2cc(Cl)c(F)cc2o1. The largest absolute Gasteiger partial charge is 0.440 e. The van der Waals surface area contributed by atoms with E-state index < -0.39 is 5.82 Å². The molecule has 0 saturated carbocycles. The van der Waals surface area contributed by atoms with Crippen LogP contribution in [0.1, 0.15) is 25.2 Å². The van der Waals surface area contributed by atoms with Crippen LogP contribution in [0, 0.1) is 5.82 Å². The quantitative estimate of drug-likeness (QED) is 0.900. The Kier molecular flexibility index (Phi) is 3.12. The van der Waals surface area contributed by atoms with Crippen LogP contribution in [0.15, 0.2) is 16.5 Å². The molecule has 1 aromatic heterocycles. The third-order valence-corrected chi connectivity index (χ3v) is 2.86. The molecule has 1 atom stereocenters. The molecule has 0 aliphatic rings. The van der Waals surface area contributed by atoms with Crippen molar-refractivity contribution in [1.82, 2.24) is 4.98 Å². The number of hydrogen-bond donors (Lipinski definition) is 1. The monoisotopic (exact) mass is 242 g/mol. The lowest BCUT2D eigenvalue weighted by Gasteiger charge is -2.05. The molecule has 0 bridgehead atoms. The van der Waals surface area contributed by atoms with Crippen LogP contribution in [0.3, 0.4) is 0 Å². The summed E-state index contributed by atoms with van der Waals surface area (Å²) in [6.45, 7) is 2.46. The second-order valence-electron chi connectivity index (χ2n) is 3.63. The van der Waals surface area contributed by atoms with E-state index in [9.17, 15) is 4.39 Å². The molecule has 2 N–H and O–H groups in total. The summed E-state index contributed by atoms with van der Waals surface area (Å²) in [6, 6.07) is 2.71. The maximum absolute atomic E-state index is 13.2. The van der Waals surface area contributed by atoms with Crippen molar-refractivity contribution in [3.8, 4) is 0 Å². The number of fused-ring (bicyclic) bond motifs is 1. The molecular formula is C11H12ClFN2O. The van der Waals surface area contributed by atoms with E-state index in [0.717, 1.165) is 6.42 Å². The molecule has 1 unspecified atom stereocenters. The van der Waals surface area contributed by atoms with Crippen LogP contribution in [0.2, 0.25) is 5.02 Å². The van der Waals surface area contributed by atoms with Gasteiger partial charge in [-0.05, 0) is 12.5 Å². The van der Waals surface area contributed by atoms with E-state index in [4.69, 9.17) is 21.8 Å². The summed E-state index contributed by atoms with van der Waals surface area (Å²) in [6.07, 6.45) is 0.833. The zero-order valence-electron chi connectivity index (χ0n) is 8.84. The first kappa shape index (κ1) is 11.4. The molecule has 0 spiro atoms. The Morgan fingerprint density at radius 2 is 2.31 bits per heavy atom. The van der Waals surface area contributed by atoms with Crippen molar-refractivity contribution in [3.63, 3.8) is 0 Å². The van der Waals surface area contributed by atoms with E-state index in [0.29, 0.717) is 23.5 Å². The van der Waals surface area contributed by atoms with Gasteiger partial charge in [-0.2, -0.15) is 0 Å². The lowest BCUT2D eigenvalue weighted by Crippen LogP contribution is -2.11. The van der Waals surface area contributed by atoms with Crippen molar-refractivity contribution in [1.29, 1.82) is 0 Å². The first-order valence-corrected chi connectivity index (χ1v) is 5.49. The van der Waals surface area contributed by atoms with Gasteiger partial charge < -0.3 is 10.2 Å². The van der Waals surface area contributed by atoms with Crippen LogP contribution in [-0.2, 0) is 0 Å². The van der Waals surface area contributed by atoms with Crippen LogP contribution in [0.4, 0.5) is 4.39 Å².